The number of carbonyl (C=O) groups is 1. The predicted molar refractivity (Wildman–Crippen MR) is 72.7 cm³/mol. The molecule has 1 aliphatic carbocycles. The van der Waals surface area contributed by atoms with E-state index in [1.54, 1.807) is 17.9 Å². The fourth-order valence-corrected chi connectivity index (χ4v) is 2.40. The van der Waals surface area contributed by atoms with Crippen molar-refractivity contribution in [2.75, 3.05) is 19.0 Å². The van der Waals surface area contributed by atoms with E-state index in [9.17, 15) is 4.79 Å². The highest BCUT2D eigenvalue weighted by Gasteiger charge is 2.37. The molecule has 3 N–H and O–H groups in total. The van der Waals surface area contributed by atoms with Crippen LogP contribution in [0, 0.1) is 0 Å². The molecule has 2 rings (SSSR count). The van der Waals surface area contributed by atoms with Gasteiger partial charge in [0.1, 0.15) is 0 Å². The summed E-state index contributed by atoms with van der Waals surface area (Å²) < 4.78 is 6.79. The summed E-state index contributed by atoms with van der Waals surface area (Å²) in [5.74, 6) is 0.450. The first kappa shape index (κ1) is 14.0. The number of hydrogen-bond donors (Lipinski definition) is 2. The van der Waals surface area contributed by atoms with E-state index in [2.05, 4.69) is 10.4 Å². The second-order valence-electron chi connectivity index (χ2n) is 5.13. The van der Waals surface area contributed by atoms with Crippen molar-refractivity contribution < 1.29 is 9.53 Å². The smallest absolute Gasteiger partial charge is 0.245 e. The van der Waals surface area contributed by atoms with Crippen molar-refractivity contribution >= 4 is 11.7 Å². The lowest BCUT2D eigenvalue weighted by molar-refractivity contribution is -0.121. The number of nitrogens with one attached hydrogen (secondary N) is 1. The summed E-state index contributed by atoms with van der Waals surface area (Å²) in [4.78, 5) is 12.1. The molecule has 6 nitrogen and oxygen atoms in total. The fraction of sp³-hybridized carbons (Fsp3) is 0.692. The Kier molecular flexibility index (Phi) is 4.55. The van der Waals surface area contributed by atoms with Crippen molar-refractivity contribution in [2.45, 2.75) is 44.2 Å². The van der Waals surface area contributed by atoms with Crippen LogP contribution in [0.5, 0.6) is 0 Å². The van der Waals surface area contributed by atoms with Gasteiger partial charge in [0.2, 0.25) is 5.91 Å². The van der Waals surface area contributed by atoms with Crippen molar-refractivity contribution in [1.82, 2.24) is 9.78 Å². The normalized spacial score (nSPS) is 17.6. The van der Waals surface area contributed by atoms with Gasteiger partial charge in [-0.1, -0.05) is 12.8 Å². The number of anilines is 1. The third-order valence-electron chi connectivity index (χ3n) is 3.57. The lowest BCUT2D eigenvalue weighted by Crippen LogP contribution is -2.48. The Morgan fingerprint density at radius 2 is 2.32 bits per heavy atom. The van der Waals surface area contributed by atoms with E-state index in [4.69, 9.17) is 10.5 Å². The molecule has 0 bridgehead atoms. The van der Waals surface area contributed by atoms with Gasteiger partial charge < -0.3 is 15.8 Å². The second-order valence-corrected chi connectivity index (χ2v) is 5.13. The number of amides is 1. The van der Waals surface area contributed by atoms with Crippen molar-refractivity contribution in [1.29, 1.82) is 0 Å². The number of nitrogens with two attached hydrogens (primary N) is 1. The van der Waals surface area contributed by atoms with Crippen molar-refractivity contribution in [3.63, 3.8) is 0 Å². The molecule has 1 fully saturated rings. The van der Waals surface area contributed by atoms with Gasteiger partial charge in [-0.3, -0.25) is 9.48 Å². The lowest BCUT2D eigenvalue weighted by Gasteiger charge is -2.21. The van der Waals surface area contributed by atoms with Crippen LogP contribution in [0.15, 0.2) is 12.3 Å². The van der Waals surface area contributed by atoms with Crippen LogP contribution in [-0.4, -0.2) is 34.9 Å². The topological polar surface area (TPSA) is 82.2 Å². The minimum atomic E-state index is -0.709. The first-order valence-electron chi connectivity index (χ1n) is 6.77. The molecule has 1 heterocycles. The van der Waals surface area contributed by atoms with Crippen LogP contribution >= 0.6 is 0 Å². The number of methoxy groups -OCH3 is 1. The second kappa shape index (κ2) is 6.16. The summed E-state index contributed by atoms with van der Waals surface area (Å²) in [7, 11) is 1.68. The summed E-state index contributed by atoms with van der Waals surface area (Å²) in [6.45, 7) is 1.48. The molecule has 1 aliphatic rings. The largest absolute Gasteiger partial charge is 0.385 e. The number of rotatable bonds is 6. The van der Waals surface area contributed by atoms with Crippen molar-refractivity contribution in [3.05, 3.63) is 12.3 Å². The highest BCUT2D eigenvalue weighted by molar-refractivity contribution is 5.97. The van der Waals surface area contributed by atoms with Crippen LogP contribution < -0.4 is 11.1 Å². The fourth-order valence-electron chi connectivity index (χ4n) is 2.40. The van der Waals surface area contributed by atoms with Gasteiger partial charge in [0.15, 0.2) is 5.82 Å². The van der Waals surface area contributed by atoms with Gasteiger partial charge in [-0.25, -0.2) is 0 Å². The Balaban J connectivity index is 1.87. The Labute approximate surface area is 113 Å². The maximum absolute atomic E-state index is 12.1. The average molecular weight is 266 g/mol. The van der Waals surface area contributed by atoms with E-state index < -0.39 is 5.54 Å². The summed E-state index contributed by atoms with van der Waals surface area (Å²) in [5.41, 5.74) is 5.38. The van der Waals surface area contributed by atoms with Crippen LogP contribution in [0.1, 0.15) is 32.1 Å². The van der Waals surface area contributed by atoms with Crippen LogP contribution in [0.25, 0.3) is 0 Å². The average Bonchev–Trinajstić information content (AvgIpc) is 3.00. The number of hydrogen-bond acceptors (Lipinski definition) is 4. The molecular formula is C13H22N4O2. The molecule has 1 aromatic heterocycles. The summed E-state index contributed by atoms with van der Waals surface area (Å²) in [6.07, 6.45) is 6.31. The zero-order chi connectivity index (χ0) is 13.7. The van der Waals surface area contributed by atoms with Crippen molar-refractivity contribution in [2.24, 2.45) is 5.73 Å². The molecule has 1 saturated carbocycles. The van der Waals surface area contributed by atoms with E-state index in [1.165, 1.54) is 0 Å². The number of nitrogens with zero attached hydrogens (tertiary/aromatic N) is 2. The first-order chi connectivity index (χ1) is 9.14. The molecule has 0 aromatic carbocycles. The van der Waals surface area contributed by atoms with Gasteiger partial charge in [0.05, 0.1) is 5.54 Å². The predicted octanol–water partition coefficient (Wildman–Crippen LogP) is 1.13. The molecular weight excluding hydrogens is 244 g/mol. The van der Waals surface area contributed by atoms with Gasteiger partial charge in [-0.2, -0.15) is 5.10 Å². The van der Waals surface area contributed by atoms with Gasteiger partial charge in [-0.15, -0.1) is 0 Å². The molecule has 1 aromatic rings. The summed E-state index contributed by atoms with van der Waals surface area (Å²) in [6, 6.07) is 1.79. The Bertz CT molecular complexity index is 424. The Morgan fingerprint density at radius 1 is 1.58 bits per heavy atom. The molecule has 6 heteroatoms. The van der Waals surface area contributed by atoms with Crippen LogP contribution in [-0.2, 0) is 16.1 Å². The van der Waals surface area contributed by atoms with Gasteiger partial charge in [0, 0.05) is 32.5 Å². The molecule has 0 atom stereocenters. The number of ether oxygens (including phenoxy) is 1. The number of aromatic nitrogens is 2. The maximum Gasteiger partial charge on any atom is 0.245 e. The third kappa shape index (κ3) is 3.54. The summed E-state index contributed by atoms with van der Waals surface area (Å²) in [5, 5.41) is 7.11. The molecule has 106 valence electrons. The molecule has 0 spiro atoms. The monoisotopic (exact) mass is 266 g/mol. The van der Waals surface area contributed by atoms with E-state index in [0.717, 1.165) is 38.6 Å². The van der Waals surface area contributed by atoms with Crippen LogP contribution in [0.4, 0.5) is 5.82 Å². The summed E-state index contributed by atoms with van der Waals surface area (Å²) >= 11 is 0. The number of aryl methyl sites for hydroxylation is 1. The van der Waals surface area contributed by atoms with E-state index in [-0.39, 0.29) is 5.91 Å². The van der Waals surface area contributed by atoms with E-state index in [1.807, 2.05) is 6.20 Å². The van der Waals surface area contributed by atoms with E-state index >= 15 is 0 Å². The zero-order valence-corrected chi connectivity index (χ0v) is 11.4. The van der Waals surface area contributed by atoms with Gasteiger partial charge >= 0.3 is 0 Å². The SMILES string of the molecule is COCCCn1ccc(NC(=O)C2(N)CCCC2)n1. The Morgan fingerprint density at radius 3 is 3.00 bits per heavy atom. The molecule has 0 unspecified atom stereocenters. The molecule has 0 saturated heterocycles. The maximum atomic E-state index is 12.1. The quantitative estimate of drug-likeness (QED) is 0.756. The molecule has 1 amide bonds. The minimum Gasteiger partial charge on any atom is -0.385 e. The van der Waals surface area contributed by atoms with Crippen LogP contribution in [0.2, 0.25) is 0 Å². The highest BCUT2D eigenvalue weighted by atomic mass is 16.5. The Hall–Kier alpha value is -1.40. The van der Waals surface area contributed by atoms with Gasteiger partial charge in [0.25, 0.3) is 0 Å². The standard InChI is InChI=1S/C13H22N4O2/c1-19-10-4-8-17-9-5-11(16-17)15-12(18)13(14)6-2-3-7-13/h5,9H,2-4,6-8,10,14H2,1H3,(H,15,16,18). The first-order valence-corrected chi connectivity index (χ1v) is 6.77. The minimum absolute atomic E-state index is 0.118. The highest BCUT2D eigenvalue weighted by Crippen LogP contribution is 2.28. The third-order valence-corrected chi connectivity index (χ3v) is 3.57. The van der Waals surface area contributed by atoms with Crippen LogP contribution in [0.3, 0.4) is 0 Å². The van der Waals surface area contributed by atoms with Crippen molar-refractivity contribution in [3.8, 4) is 0 Å². The molecule has 0 radical (unpaired) electrons. The molecule has 19 heavy (non-hydrogen) atoms. The zero-order valence-electron chi connectivity index (χ0n) is 11.4. The lowest BCUT2D eigenvalue weighted by atomic mass is 9.98. The number of carbonyl (C=O) groups excluding carboxylic acids is 1. The van der Waals surface area contributed by atoms with E-state index in [0.29, 0.717) is 12.4 Å². The molecule has 0 aliphatic heterocycles. The van der Waals surface area contributed by atoms with Gasteiger partial charge in [-0.05, 0) is 19.3 Å².